The van der Waals surface area contributed by atoms with Crippen molar-refractivity contribution in [3.63, 3.8) is 0 Å². The van der Waals surface area contributed by atoms with Crippen LogP contribution in [0, 0.1) is 0 Å². The first kappa shape index (κ1) is 17.8. The van der Waals surface area contributed by atoms with E-state index in [1.807, 2.05) is 19.0 Å². The lowest BCUT2D eigenvalue weighted by Gasteiger charge is -2.21. The molecule has 0 radical (unpaired) electrons. The summed E-state index contributed by atoms with van der Waals surface area (Å²) in [5.74, 6) is -0.0103. The minimum atomic E-state index is -3.31. The van der Waals surface area contributed by atoms with Crippen molar-refractivity contribution in [2.75, 3.05) is 52.3 Å². The molecule has 0 saturated carbocycles. The molecule has 0 heterocycles. The maximum absolute atomic E-state index is 11.5. The number of likely N-dealkylation sites (N-methyl/N-ethyl adjacent to an activating group) is 1. The normalized spacial score (nSPS) is 13.4. The summed E-state index contributed by atoms with van der Waals surface area (Å²) >= 11 is 0. The van der Waals surface area contributed by atoms with Crippen LogP contribution in [0.1, 0.15) is 6.92 Å². The van der Waals surface area contributed by atoms with Gasteiger partial charge in [0.25, 0.3) is 0 Å². The van der Waals surface area contributed by atoms with Gasteiger partial charge in [0.15, 0.2) is 0 Å². The molecule has 0 aliphatic heterocycles. The Balaban J connectivity index is 4.36. The van der Waals surface area contributed by atoms with Crippen LogP contribution in [0.4, 0.5) is 0 Å². The van der Waals surface area contributed by atoms with E-state index in [9.17, 15) is 16.8 Å². The van der Waals surface area contributed by atoms with Crippen molar-refractivity contribution in [2.24, 2.45) is 0 Å². The van der Waals surface area contributed by atoms with E-state index in [0.717, 1.165) is 6.26 Å². The lowest BCUT2D eigenvalue weighted by molar-refractivity contribution is 0.336. The summed E-state index contributed by atoms with van der Waals surface area (Å²) in [7, 11) is -2.89. The van der Waals surface area contributed by atoms with Gasteiger partial charge in [0, 0.05) is 26.2 Å². The van der Waals surface area contributed by atoms with Crippen molar-refractivity contribution in [1.82, 2.24) is 13.9 Å². The Morgan fingerprint density at radius 1 is 1.00 bits per heavy atom. The van der Waals surface area contributed by atoms with E-state index in [0.29, 0.717) is 13.1 Å². The molecule has 0 rings (SSSR count). The molecule has 0 atom stereocenters. The molecule has 0 aliphatic carbocycles. The van der Waals surface area contributed by atoms with Gasteiger partial charge in [-0.25, -0.2) is 21.6 Å². The van der Waals surface area contributed by atoms with Crippen LogP contribution in [-0.4, -0.2) is 78.3 Å². The molecular weight excluding hydrogens is 278 g/mol. The van der Waals surface area contributed by atoms with Crippen molar-refractivity contribution in [3.8, 4) is 0 Å². The Labute approximate surface area is 110 Å². The van der Waals surface area contributed by atoms with E-state index < -0.39 is 20.0 Å². The molecular formula is C9H23N3O4S2. The number of rotatable bonds is 9. The minimum absolute atomic E-state index is 0.0103. The first-order chi connectivity index (χ1) is 8.08. The first-order valence-electron chi connectivity index (χ1n) is 5.65. The molecule has 0 spiro atoms. The van der Waals surface area contributed by atoms with E-state index in [1.54, 1.807) is 0 Å². The van der Waals surface area contributed by atoms with Crippen LogP contribution in [0.2, 0.25) is 0 Å². The van der Waals surface area contributed by atoms with Gasteiger partial charge >= 0.3 is 0 Å². The summed E-state index contributed by atoms with van der Waals surface area (Å²) in [5, 5.41) is 0. The van der Waals surface area contributed by atoms with Gasteiger partial charge in [-0.1, -0.05) is 0 Å². The van der Waals surface area contributed by atoms with Gasteiger partial charge in [-0.2, -0.15) is 4.31 Å². The second-order valence-electron chi connectivity index (χ2n) is 4.26. The molecule has 9 heteroatoms. The van der Waals surface area contributed by atoms with Gasteiger partial charge in [0.1, 0.15) is 0 Å². The zero-order chi connectivity index (χ0) is 14.4. The fraction of sp³-hybridized carbons (Fsp3) is 1.00. The second kappa shape index (κ2) is 7.39. The lowest BCUT2D eigenvalue weighted by atomic mass is 10.5. The molecule has 0 aromatic heterocycles. The predicted molar refractivity (Wildman–Crippen MR) is 72.4 cm³/mol. The molecule has 0 amide bonds. The minimum Gasteiger partial charge on any atom is -0.308 e. The van der Waals surface area contributed by atoms with E-state index in [1.165, 1.54) is 11.2 Å². The Kier molecular flexibility index (Phi) is 7.30. The molecule has 7 nitrogen and oxygen atoms in total. The average Bonchev–Trinajstić information content (AvgIpc) is 2.20. The zero-order valence-electron chi connectivity index (χ0n) is 11.4. The molecule has 0 aromatic carbocycles. The molecule has 0 bridgehead atoms. The van der Waals surface area contributed by atoms with Gasteiger partial charge in [-0.15, -0.1) is 0 Å². The first-order valence-corrected chi connectivity index (χ1v) is 9.15. The lowest BCUT2D eigenvalue weighted by Crippen LogP contribution is -2.41. The zero-order valence-corrected chi connectivity index (χ0v) is 13.0. The van der Waals surface area contributed by atoms with Crippen molar-refractivity contribution in [2.45, 2.75) is 6.92 Å². The van der Waals surface area contributed by atoms with Gasteiger partial charge in [-0.05, 0) is 21.0 Å². The van der Waals surface area contributed by atoms with Crippen molar-refractivity contribution >= 4 is 20.0 Å². The maximum Gasteiger partial charge on any atom is 0.211 e. The third-order valence-corrected chi connectivity index (χ3v) is 5.04. The van der Waals surface area contributed by atoms with Crippen molar-refractivity contribution < 1.29 is 16.8 Å². The summed E-state index contributed by atoms with van der Waals surface area (Å²) in [5.41, 5.74) is 0. The predicted octanol–water partition coefficient (Wildman–Crippen LogP) is -1.25. The highest BCUT2D eigenvalue weighted by atomic mass is 32.2. The molecule has 110 valence electrons. The van der Waals surface area contributed by atoms with Crippen molar-refractivity contribution in [1.29, 1.82) is 0 Å². The van der Waals surface area contributed by atoms with Crippen LogP contribution < -0.4 is 4.72 Å². The summed E-state index contributed by atoms with van der Waals surface area (Å²) in [4.78, 5) is 1.87. The van der Waals surface area contributed by atoms with Crippen LogP contribution in [0.25, 0.3) is 0 Å². The summed E-state index contributed by atoms with van der Waals surface area (Å²) in [6.45, 7) is 2.71. The molecule has 1 N–H and O–H groups in total. The number of hydrogen-bond donors (Lipinski definition) is 1. The third kappa shape index (κ3) is 7.98. The summed E-state index contributed by atoms with van der Waals surface area (Å²) in [6.07, 6.45) is 1.12. The third-order valence-electron chi connectivity index (χ3n) is 2.33. The summed E-state index contributed by atoms with van der Waals surface area (Å²) < 4.78 is 49.0. The highest BCUT2D eigenvalue weighted by Gasteiger charge is 2.17. The quantitative estimate of drug-likeness (QED) is 0.575. The topological polar surface area (TPSA) is 86.8 Å². The Hall–Kier alpha value is -0.220. The Morgan fingerprint density at radius 2 is 1.56 bits per heavy atom. The molecule has 18 heavy (non-hydrogen) atoms. The van der Waals surface area contributed by atoms with Crippen LogP contribution in [0.15, 0.2) is 0 Å². The largest absolute Gasteiger partial charge is 0.308 e. The fourth-order valence-corrected chi connectivity index (χ4v) is 2.63. The molecule has 0 saturated heterocycles. The van der Waals surface area contributed by atoms with Crippen LogP contribution in [-0.2, 0) is 20.0 Å². The van der Waals surface area contributed by atoms with Crippen LogP contribution in [0.5, 0.6) is 0 Å². The van der Waals surface area contributed by atoms with Gasteiger partial charge in [0.2, 0.25) is 20.0 Å². The SMILES string of the molecule is CCS(=O)(=O)NCCN(CCN(C)C)S(C)(=O)=O. The highest BCUT2D eigenvalue weighted by Crippen LogP contribution is 1.97. The Morgan fingerprint density at radius 3 is 1.94 bits per heavy atom. The molecule has 0 unspecified atom stereocenters. The number of nitrogens with zero attached hydrogens (tertiary/aromatic N) is 2. The smallest absolute Gasteiger partial charge is 0.211 e. The standard InChI is InChI=1S/C9H23N3O4S2/c1-5-18(15,16)10-6-7-12(17(4,13)14)9-8-11(2)3/h10H,5-9H2,1-4H3. The van der Waals surface area contributed by atoms with Crippen molar-refractivity contribution in [3.05, 3.63) is 0 Å². The Bertz CT molecular complexity index is 431. The number of nitrogens with one attached hydrogen (secondary N) is 1. The van der Waals surface area contributed by atoms with Crippen LogP contribution in [0.3, 0.4) is 0 Å². The maximum atomic E-state index is 11.5. The van der Waals surface area contributed by atoms with Gasteiger partial charge < -0.3 is 4.90 Å². The van der Waals surface area contributed by atoms with E-state index in [4.69, 9.17) is 0 Å². The average molecular weight is 301 g/mol. The van der Waals surface area contributed by atoms with Gasteiger partial charge in [-0.3, -0.25) is 0 Å². The summed E-state index contributed by atoms with van der Waals surface area (Å²) in [6, 6.07) is 0. The van der Waals surface area contributed by atoms with E-state index in [-0.39, 0.29) is 18.8 Å². The molecule has 0 fully saturated rings. The van der Waals surface area contributed by atoms with Crippen LogP contribution >= 0.6 is 0 Å². The fourth-order valence-electron chi connectivity index (χ4n) is 1.18. The second-order valence-corrected chi connectivity index (χ2v) is 8.34. The van der Waals surface area contributed by atoms with Gasteiger partial charge in [0.05, 0.1) is 12.0 Å². The monoisotopic (exact) mass is 301 g/mol. The van der Waals surface area contributed by atoms with E-state index >= 15 is 0 Å². The highest BCUT2D eigenvalue weighted by molar-refractivity contribution is 7.89. The molecule has 0 aliphatic rings. The molecule has 0 aromatic rings. The number of hydrogen-bond acceptors (Lipinski definition) is 5. The van der Waals surface area contributed by atoms with E-state index in [2.05, 4.69) is 4.72 Å². The number of sulfonamides is 2.